The van der Waals surface area contributed by atoms with E-state index in [-0.39, 0.29) is 10.6 Å². The van der Waals surface area contributed by atoms with Gasteiger partial charge in [0.05, 0.1) is 11.1 Å². The molecule has 2 rings (SSSR count). The maximum atomic E-state index is 11.8. The molecule has 0 saturated heterocycles. The second kappa shape index (κ2) is 6.75. The Labute approximate surface area is 135 Å². The van der Waals surface area contributed by atoms with E-state index in [2.05, 4.69) is 10.5 Å². The summed E-state index contributed by atoms with van der Waals surface area (Å²) in [5, 5.41) is 24.3. The summed E-state index contributed by atoms with van der Waals surface area (Å²) in [6.45, 7) is 0. The lowest BCUT2D eigenvalue weighted by atomic mass is 10.2. The molecular formula is C14H11ClN4O4. The van der Waals surface area contributed by atoms with Crippen LogP contribution in [0.3, 0.4) is 0 Å². The molecule has 23 heavy (non-hydrogen) atoms. The van der Waals surface area contributed by atoms with Gasteiger partial charge < -0.3 is 10.8 Å². The van der Waals surface area contributed by atoms with E-state index in [9.17, 15) is 20.0 Å². The normalized spacial score (nSPS) is 10.7. The number of nitro groups is 1. The van der Waals surface area contributed by atoms with Gasteiger partial charge in [0.1, 0.15) is 0 Å². The molecule has 8 nitrogen and oxygen atoms in total. The van der Waals surface area contributed by atoms with Crippen molar-refractivity contribution in [1.82, 2.24) is 5.43 Å². The topological polar surface area (TPSA) is 131 Å². The third kappa shape index (κ3) is 3.95. The van der Waals surface area contributed by atoms with Crippen molar-refractivity contribution in [3.63, 3.8) is 0 Å². The van der Waals surface area contributed by atoms with Crippen LogP contribution in [0.1, 0.15) is 15.9 Å². The van der Waals surface area contributed by atoms with E-state index in [0.29, 0.717) is 11.3 Å². The number of hydrazone groups is 1. The fourth-order valence-electron chi connectivity index (χ4n) is 1.70. The molecule has 1 amide bonds. The predicted molar refractivity (Wildman–Crippen MR) is 85.7 cm³/mol. The first-order valence-electron chi connectivity index (χ1n) is 6.24. The number of nitrogens with one attached hydrogen (secondary N) is 1. The largest absolute Gasteiger partial charge is 0.502 e. The Hall–Kier alpha value is -3.13. The molecule has 0 atom stereocenters. The summed E-state index contributed by atoms with van der Waals surface area (Å²) in [5.74, 6) is -1.10. The van der Waals surface area contributed by atoms with Crippen molar-refractivity contribution in [3.05, 3.63) is 62.7 Å². The molecule has 0 radical (unpaired) electrons. The van der Waals surface area contributed by atoms with Crippen molar-refractivity contribution in [2.75, 3.05) is 5.73 Å². The predicted octanol–water partition coefficient (Wildman–Crippen LogP) is 2.30. The van der Waals surface area contributed by atoms with Gasteiger partial charge in [-0.15, -0.1) is 0 Å². The molecule has 0 aliphatic heterocycles. The second-order valence-corrected chi connectivity index (χ2v) is 4.88. The molecule has 0 aliphatic rings. The second-order valence-electron chi connectivity index (χ2n) is 4.44. The fraction of sp³-hybridized carbons (Fsp3) is 0. The number of nitrogen functional groups attached to an aromatic ring is 1. The van der Waals surface area contributed by atoms with Crippen LogP contribution in [0.25, 0.3) is 0 Å². The van der Waals surface area contributed by atoms with Crippen molar-refractivity contribution in [3.8, 4) is 5.75 Å². The standard InChI is InChI=1S/C14H11ClN4O4/c15-10-5-9(13(20)12(6-10)19(22)23)7-17-18-14(21)8-1-3-11(16)4-2-8/h1-7,20H,16H2,(H,18,21)/b17-7+. The summed E-state index contributed by atoms with van der Waals surface area (Å²) in [4.78, 5) is 21.8. The smallest absolute Gasteiger partial charge is 0.312 e. The molecule has 0 aliphatic carbocycles. The molecule has 0 spiro atoms. The third-order valence-electron chi connectivity index (χ3n) is 2.82. The van der Waals surface area contributed by atoms with E-state index in [1.54, 1.807) is 12.1 Å². The first-order chi connectivity index (χ1) is 10.9. The van der Waals surface area contributed by atoms with Gasteiger partial charge in [-0.2, -0.15) is 5.10 Å². The summed E-state index contributed by atoms with van der Waals surface area (Å²) in [6, 6.07) is 8.45. The van der Waals surface area contributed by atoms with Crippen molar-refractivity contribution < 1.29 is 14.8 Å². The quantitative estimate of drug-likeness (QED) is 0.341. The Morgan fingerprint density at radius 2 is 2.00 bits per heavy atom. The number of hydrogen-bond donors (Lipinski definition) is 3. The Morgan fingerprint density at radius 1 is 1.35 bits per heavy atom. The molecule has 0 aromatic heterocycles. The monoisotopic (exact) mass is 334 g/mol. The van der Waals surface area contributed by atoms with Gasteiger partial charge >= 0.3 is 5.69 Å². The Balaban J connectivity index is 2.16. The molecule has 0 heterocycles. The number of carbonyl (C=O) groups is 1. The molecule has 0 unspecified atom stereocenters. The van der Waals surface area contributed by atoms with Gasteiger partial charge in [-0.1, -0.05) is 11.6 Å². The lowest BCUT2D eigenvalue weighted by Gasteiger charge is -2.02. The van der Waals surface area contributed by atoms with Crippen molar-refractivity contribution in [2.45, 2.75) is 0 Å². The molecule has 0 saturated carbocycles. The van der Waals surface area contributed by atoms with Gasteiger partial charge in [-0.05, 0) is 30.3 Å². The number of amides is 1. The molecule has 9 heteroatoms. The van der Waals surface area contributed by atoms with E-state index in [0.717, 1.165) is 12.3 Å². The van der Waals surface area contributed by atoms with Crippen LogP contribution in [0, 0.1) is 10.1 Å². The van der Waals surface area contributed by atoms with Gasteiger partial charge in [-0.25, -0.2) is 5.43 Å². The molecule has 4 N–H and O–H groups in total. The zero-order chi connectivity index (χ0) is 17.0. The Morgan fingerprint density at radius 3 is 2.61 bits per heavy atom. The van der Waals surface area contributed by atoms with Crippen LogP contribution in [-0.2, 0) is 0 Å². The zero-order valence-corrected chi connectivity index (χ0v) is 12.3. The van der Waals surface area contributed by atoms with Gasteiger partial charge in [0.25, 0.3) is 5.91 Å². The Bertz CT molecular complexity index is 790. The Kier molecular flexibility index (Phi) is 4.77. The zero-order valence-electron chi connectivity index (χ0n) is 11.6. The number of phenolic OH excluding ortho intramolecular Hbond substituents is 1. The number of halogens is 1. The maximum absolute atomic E-state index is 11.8. The minimum Gasteiger partial charge on any atom is -0.502 e. The number of rotatable bonds is 4. The van der Waals surface area contributed by atoms with Crippen molar-refractivity contribution in [2.24, 2.45) is 5.10 Å². The van der Waals surface area contributed by atoms with Crippen LogP contribution in [0.15, 0.2) is 41.5 Å². The highest BCUT2D eigenvalue weighted by molar-refractivity contribution is 6.31. The van der Waals surface area contributed by atoms with E-state index >= 15 is 0 Å². The number of carbonyl (C=O) groups excluding carboxylic acids is 1. The molecule has 2 aromatic carbocycles. The summed E-state index contributed by atoms with van der Waals surface area (Å²) >= 11 is 5.74. The number of aromatic hydroxyl groups is 1. The van der Waals surface area contributed by atoms with Gasteiger partial charge in [-0.3, -0.25) is 14.9 Å². The van der Waals surface area contributed by atoms with Crippen molar-refractivity contribution >= 4 is 35.1 Å². The number of nitrogens with two attached hydrogens (primary N) is 1. The van der Waals surface area contributed by atoms with Gasteiger partial charge in [0.15, 0.2) is 0 Å². The van der Waals surface area contributed by atoms with Crippen LogP contribution in [0.2, 0.25) is 5.02 Å². The summed E-state index contributed by atoms with van der Waals surface area (Å²) in [6.07, 6.45) is 1.06. The SMILES string of the molecule is Nc1ccc(C(=O)N/N=C/c2cc(Cl)cc([N+](=O)[O-])c2O)cc1. The van der Waals surface area contributed by atoms with Crippen LogP contribution in [-0.4, -0.2) is 22.2 Å². The maximum Gasteiger partial charge on any atom is 0.312 e. The molecule has 118 valence electrons. The average molecular weight is 335 g/mol. The average Bonchev–Trinajstić information content (AvgIpc) is 2.50. The highest BCUT2D eigenvalue weighted by atomic mass is 35.5. The van der Waals surface area contributed by atoms with Gasteiger partial charge in [0.2, 0.25) is 5.75 Å². The number of anilines is 1. The van der Waals surface area contributed by atoms with E-state index in [1.165, 1.54) is 18.2 Å². The van der Waals surface area contributed by atoms with Crippen molar-refractivity contribution in [1.29, 1.82) is 0 Å². The number of benzene rings is 2. The first kappa shape index (κ1) is 16.2. The van der Waals surface area contributed by atoms with Gasteiger partial charge in [0, 0.05) is 27.9 Å². The van der Waals surface area contributed by atoms with Crippen LogP contribution < -0.4 is 11.2 Å². The molecule has 0 bridgehead atoms. The van der Waals surface area contributed by atoms with Crippen LogP contribution in [0.4, 0.5) is 11.4 Å². The highest BCUT2D eigenvalue weighted by Gasteiger charge is 2.17. The molecule has 0 fully saturated rings. The third-order valence-corrected chi connectivity index (χ3v) is 3.04. The highest BCUT2D eigenvalue weighted by Crippen LogP contribution is 2.32. The number of nitrogens with zero attached hydrogens (tertiary/aromatic N) is 2. The minimum absolute atomic E-state index is 0.00167. The summed E-state index contributed by atoms with van der Waals surface area (Å²) < 4.78 is 0. The lowest BCUT2D eigenvalue weighted by Crippen LogP contribution is -2.17. The summed E-state index contributed by atoms with van der Waals surface area (Å²) in [7, 11) is 0. The van der Waals surface area contributed by atoms with E-state index in [1.807, 2.05) is 0 Å². The number of phenols is 1. The van der Waals surface area contributed by atoms with E-state index in [4.69, 9.17) is 17.3 Å². The van der Waals surface area contributed by atoms with Crippen LogP contribution in [0.5, 0.6) is 5.75 Å². The molecule has 2 aromatic rings. The van der Waals surface area contributed by atoms with Crippen LogP contribution >= 0.6 is 11.6 Å². The summed E-state index contributed by atoms with van der Waals surface area (Å²) in [5.41, 5.74) is 8.04. The number of hydrogen-bond acceptors (Lipinski definition) is 6. The first-order valence-corrected chi connectivity index (χ1v) is 6.62. The van der Waals surface area contributed by atoms with E-state index < -0.39 is 22.3 Å². The lowest BCUT2D eigenvalue weighted by molar-refractivity contribution is -0.385. The fourth-order valence-corrected chi connectivity index (χ4v) is 1.92. The minimum atomic E-state index is -0.772. The number of nitro benzene ring substituents is 1. The molecular weight excluding hydrogens is 324 g/mol.